The van der Waals surface area contributed by atoms with E-state index in [1.165, 1.54) is 19.4 Å². The molecule has 1 aliphatic heterocycles. The Morgan fingerprint density at radius 2 is 2.27 bits per heavy atom. The van der Waals surface area contributed by atoms with Gasteiger partial charge in [0.05, 0.1) is 6.10 Å². The second-order valence-electron chi connectivity index (χ2n) is 3.84. The minimum atomic E-state index is -0.0949. The number of rotatable bonds is 2. The van der Waals surface area contributed by atoms with Crippen molar-refractivity contribution in [1.29, 1.82) is 0 Å². The molecule has 0 amide bonds. The van der Waals surface area contributed by atoms with Crippen LogP contribution in [0.4, 0.5) is 0 Å². The topological polar surface area (TPSA) is 23.5 Å². The number of aliphatic hydroxyl groups is 1. The Morgan fingerprint density at radius 3 is 2.91 bits per heavy atom. The third kappa shape index (κ3) is 2.17. The summed E-state index contributed by atoms with van der Waals surface area (Å²) in [7, 11) is 0. The Balaban J connectivity index is 1.73. The lowest BCUT2D eigenvalue weighted by Crippen LogP contribution is -2.39. The minimum Gasteiger partial charge on any atom is -0.392 e. The predicted octanol–water partition coefficient (Wildman–Crippen LogP) is 0.667. The van der Waals surface area contributed by atoms with Crippen LogP contribution in [0.3, 0.4) is 0 Å². The van der Waals surface area contributed by atoms with Crippen molar-refractivity contribution in [2.24, 2.45) is 5.92 Å². The van der Waals surface area contributed by atoms with Crippen LogP contribution in [0.25, 0.3) is 0 Å². The summed E-state index contributed by atoms with van der Waals surface area (Å²) in [5, 5.41) is 9.34. The summed E-state index contributed by atoms with van der Waals surface area (Å²) >= 11 is 0. The summed E-state index contributed by atoms with van der Waals surface area (Å²) in [5.41, 5.74) is 0. The molecular weight excluding hydrogens is 138 g/mol. The van der Waals surface area contributed by atoms with Crippen LogP contribution >= 0.6 is 0 Å². The molecule has 0 bridgehead atoms. The lowest BCUT2D eigenvalue weighted by Gasteiger charge is -2.29. The van der Waals surface area contributed by atoms with E-state index >= 15 is 0 Å². The number of piperidine rings is 1. The van der Waals surface area contributed by atoms with Crippen molar-refractivity contribution >= 4 is 0 Å². The van der Waals surface area contributed by atoms with Crippen molar-refractivity contribution in [2.45, 2.75) is 25.4 Å². The highest BCUT2D eigenvalue weighted by atomic mass is 16.3. The molecule has 0 aromatic heterocycles. The Bertz CT molecular complexity index is 132. The van der Waals surface area contributed by atoms with Gasteiger partial charge in [0, 0.05) is 19.6 Å². The Morgan fingerprint density at radius 1 is 1.45 bits per heavy atom. The van der Waals surface area contributed by atoms with Gasteiger partial charge in [0.15, 0.2) is 0 Å². The molecule has 1 aliphatic carbocycles. The van der Waals surface area contributed by atoms with Gasteiger partial charge in [-0.25, -0.2) is 0 Å². The van der Waals surface area contributed by atoms with Crippen molar-refractivity contribution in [3.8, 4) is 0 Å². The second-order valence-corrected chi connectivity index (χ2v) is 3.84. The fourth-order valence-corrected chi connectivity index (χ4v) is 1.71. The zero-order chi connectivity index (χ0) is 7.68. The third-order valence-corrected chi connectivity index (χ3v) is 2.51. The summed E-state index contributed by atoms with van der Waals surface area (Å²) < 4.78 is 0. The highest BCUT2D eigenvalue weighted by molar-refractivity contribution is 4.86. The molecule has 2 rings (SSSR count). The molecule has 2 heteroatoms. The molecule has 2 fully saturated rings. The number of aliphatic hydroxyl groups excluding tert-OH is 1. The highest BCUT2D eigenvalue weighted by Gasteiger charge is 2.26. The lowest BCUT2D eigenvalue weighted by atomic mass is 10.1. The molecule has 0 aromatic rings. The van der Waals surface area contributed by atoms with Crippen LogP contribution in [0, 0.1) is 12.3 Å². The SMILES string of the molecule is OC1C[CH]CN(CC2CC2)C1. The first-order chi connectivity index (χ1) is 5.34. The molecule has 1 radical (unpaired) electrons. The maximum Gasteiger partial charge on any atom is 0.0670 e. The third-order valence-electron chi connectivity index (χ3n) is 2.51. The quantitative estimate of drug-likeness (QED) is 0.632. The van der Waals surface area contributed by atoms with Gasteiger partial charge in [-0.1, -0.05) is 0 Å². The van der Waals surface area contributed by atoms with Gasteiger partial charge in [-0.2, -0.15) is 0 Å². The van der Waals surface area contributed by atoms with Crippen LogP contribution in [0.1, 0.15) is 19.3 Å². The molecular formula is C9H16NO. The van der Waals surface area contributed by atoms with Gasteiger partial charge in [0.1, 0.15) is 0 Å². The second kappa shape index (κ2) is 3.11. The van der Waals surface area contributed by atoms with Crippen LogP contribution in [-0.2, 0) is 0 Å². The fourth-order valence-electron chi connectivity index (χ4n) is 1.71. The first kappa shape index (κ1) is 7.56. The van der Waals surface area contributed by atoms with Gasteiger partial charge >= 0.3 is 0 Å². The summed E-state index contributed by atoms with van der Waals surface area (Å²) in [6, 6.07) is 0. The Hall–Kier alpha value is -0.0800. The van der Waals surface area contributed by atoms with Crippen LogP contribution < -0.4 is 0 Å². The number of likely N-dealkylation sites (tertiary alicyclic amines) is 1. The highest BCUT2D eigenvalue weighted by Crippen LogP contribution is 2.30. The molecule has 2 aliphatic rings. The average Bonchev–Trinajstić information content (AvgIpc) is 2.71. The molecule has 1 saturated carbocycles. The molecule has 1 heterocycles. The average molecular weight is 154 g/mol. The molecule has 1 saturated heterocycles. The molecule has 2 nitrogen and oxygen atoms in total. The monoisotopic (exact) mass is 154 g/mol. The van der Waals surface area contributed by atoms with E-state index in [-0.39, 0.29) is 6.10 Å². The normalized spacial score (nSPS) is 34.1. The molecule has 0 spiro atoms. The summed E-state index contributed by atoms with van der Waals surface area (Å²) in [6.45, 7) is 3.20. The Labute approximate surface area is 68.2 Å². The van der Waals surface area contributed by atoms with Gasteiger partial charge in [-0.3, -0.25) is 0 Å². The van der Waals surface area contributed by atoms with E-state index < -0.39 is 0 Å². The maximum absolute atomic E-state index is 9.34. The molecule has 63 valence electrons. The summed E-state index contributed by atoms with van der Waals surface area (Å²) in [5.74, 6) is 0.952. The smallest absolute Gasteiger partial charge is 0.0670 e. The standard InChI is InChI=1S/C9H16NO/c11-9-2-1-5-10(7-9)6-8-3-4-8/h1,8-9,11H,2-7H2. The van der Waals surface area contributed by atoms with E-state index in [4.69, 9.17) is 0 Å². The fraction of sp³-hybridized carbons (Fsp3) is 0.889. The van der Waals surface area contributed by atoms with E-state index in [9.17, 15) is 5.11 Å². The number of hydrogen-bond acceptors (Lipinski definition) is 2. The van der Waals surface area contributed by atoms with Gasteiger partial charge in [-0.05, 0) is 31.6 Å². The van der Waals surface area contributed by atoms with Crippen LogP contribution in [0.5, 0.6) is 0 Å². The molecule has 11 heavy (non-hydrogen) atoms. The maximum atomic E-state index is 9.34. The molecule has 1 N–H and O–H groups in total. The summed E-state index contributed by atoms with van der Waals surface area (Å²) in [6.07, 6.45) is 5.80. The van der Waals surface area contributed by atoms with Crippen LogP contribution in [0.2, 0.25) is 0 Å². The number of nitrogens with zero attached hydrogens (tertiary/aromatic N) is 1. The zero-order valence-electron chi connectivity index (χ0n) is 6.87. The van der Waals surface area contributed by atoms with Crippen molar-refractivity contribution in [2.75, 3.05) is 19.6 Å². The van der Waals surface area contributed by atoms with E-state index in [0.29, 0.717) is 0 Å². The van der Waals surface area contributed by atoms with Gasteiger partial charge in [0.25, 0.3) is 0 Å². The molecule has 0 aromatic carbocycles. The van der Waals surface area contributed by atoms with E-state index in [1.54, 1.807) is 0 Å². The van der Waals surface area contributed by atoms with Crippen molar-refractivity contribution in [3.05, 3.63) is 6.42 Å². The first-order valence-electron chi connectivity index (χ1n) is 4.56. The first-order valence-corrected chi connectivity index (χ1v) is 4.56. The molecule has 1 atom stereocenters. The van der Waals surface area contributed by atoms with E-state index in [2.05, 4.69) is 11.3 Å². The van der Waals surface area contributed by atoms with Crippen molar-refractivity contribution in [1.82, 2.24) is 4.90 Å². The Kier molecular flexibility index (Phi) is 2.14. The predicted molar refractivity (Wildman–Crippen MR) is 44.1 cm³/mol. The van der Waals surface area contributed by atoms with Gasteiger partial charge in [0.2, 0.25) is 0 Å². The van der Waals surface area contributed by atoms with Crippen LogP contribution in [0.15, 0.2) is 0 Å². The number of β-amino-alcohol motifs (C(OH)–C–C–N with tert-alkyl or cyclic N) is 1. The largest absolute Gasteiger partial charge is 0.392 e. The minimum absolute atomic E-state index is 0.0949. The lowest BCUT2D eigenvalue weighted by molar-refractivity contribution is 0.0897. The van der Waals surface area contributed by atoms with E-state index in [1.807, 2.05) is 0 Å². The molecule has 1 unspecified atom stereocenters. The summed E-state index contributed by atoms with van der Waals surface area (Å²) in [4.78, 5) is 2.37. The van der Waals surface area contributed by atoms with Gasteiger partial charge in [-0.15, -0.1) is 0 Å². The van der Waals surface area contributed by atoms with Crippen molar-refractivity contribution < 1.29 is 5.11 Å². The van der Waals surface area contributed by atoms with Crippen LogP contribution in [-0.4, -0.2) is 35.7 Å². The zero-order valence-corrected chi connectivity index (χ0v) is 6.87. The van der Waals surface area contributed by atoms with Crippen molar-refractivity contribution in [3.63, 3.8) is 0 Å². The van der Waals surface area contributed by atoms with E-state index in [0.717, 1.165) is 25.4 Å². The number of hydrogen-bond donors (Lipinski definition) is 1. The van der Waals surface area contributed by atoms with Gasteiger partial charge < -0.3 is 10.0 Å².